The van der Waals surface area contributed by atoms with E-state index < -0.39 is 0 Å². The quantitative estimate of drug-likeness (QED) is 0.862. The van der Waals surface area contributed by atoms with Crippen LogP contribution in [0.15, 0.2) is 6.33 Å². The molecule has 0 bridgehead atoms. The third-order valence-corrected chi connectivity index (χ3v) is 6.23. The number of nitrogens with one attached hydrogen (secondary N) is 1. The van der Waals surface area contributed by atoms with Crippen molar-refractivity contribution in [2.75, 3.05) is 46.8 Å². The van der Waals surface area contributed by atoms with Crippen LogP contribution in [0.25, 0.3) is 0 Å². The average Bonchev–Trinajstić information content (AvgIpc) is 3.05. The Bertz CT molecular complexity index is 623. The highest BCUT2D eigenvalue weighted by Crippen LogP contribution is 2.31. The summed E-state index contributed by atoms with van der Waals surface area (Å²) in [4.78, 5) is 19.7. The third-order valence-electron chi connectivity index (χ3n) is 6.23. The lowest BCUT2D eigenvalue weighted by Crippen LogP contribution is -2.59. The van der Waals surface area contributed by atoms with E-state index >= 15 is 0 Å². The Kier molecular flexibility index (Phi) is 6.37. The molecule has 2 fully saturated rings. The molecule has 0 unspecified atom stereocenters. The summed E-state index contributed by atoms with van der Waals surface area (Å²) in [5, 5.41) is 11.3. The van der Waals surface area contributed by atoms with Gasteiger partial charge in [-0.1, -0.05) is 6.92 Å². The number of aromatic nitrogens is 3. The highest BCUT2D eigenvalue weighted by Gasteiger charge is 2.41. The van der Waals surface area contributed by atoms with Gasteiger partial charge in [-0.2, -0.15) is 0 Å². The Labute approximate surface area is 162 Å². The second-order valence-electron chi connectivity index (χ2n) is 8.28. The van der Waals surface area contributed by atoms with Gasteiger partial charge in [0.1, 0.15) is 6.33 Å². The summed E-state index contributed by atoms with van der Waals surface area (Å²) in [6.07, 6.45) is 6.03. The Morgan fingerprint density at radius 3 is 2.70 bits per heavy atom. The van der Waals surface area contributed by atoms with Crippen molar-refractivity contribution in [1.82, 2.24) is 34.8 Å². The number of rotatable bonds is 4. The number of aryl methyl sites for hydroxylation is 1. The molecular weight excluding hydrogens is 342 g/mol. The minimum atomic E-state index is -0.144. The molecule has 2 amide bonds. The van der Waals surface area contributed by atoms with Gasteiger partial charge in [0.2, 0.25) is 0 Å². The second-order valence-corrected chi connectivity index (χ2v) is 8.28. The third kappa shape index (κ3) is 4.43. The van der Waals surface area contributed by atoms with E-state index in [0.29, 0.717) is 0 Å². The monoisotopic (exact) mass is 377 g/mol. The van der Waals surface area contributed by atoms with Crippen LogP contribution in [0, 0.1) is 0 Å². The average molecular weight is 378 g/mol. The van der Waals surface area contributed by atoms with Crippen LogP contribution in [0.5, 0.6) is 0 Å². The van der Waals surface area contributed by atoms with E-state index in [1.807, 2.05) is 16.4 Å². The van der Waals surface area contributed by atoms with E-state index in [4.69, 9.17) is 0 Å². The number of urea groups is 1. The van der Waals surface area contributed by atoms with E-state index in [-0.39, 0.29) is 17.6 Å². The number of likely N-dealkylation sites (N-methyl/N-ethyl adjacent to an activating group) is 2. The Morgan fingerprint density at radius 1 is 1.26 bits per heavy atom. The molecular formula is C19H35N7O. The first kappa shape index (κ1) is 20.1. The standard InChI is InChI=1S/C19H35N7O/c1-5-9-26-15-20-22-17(26)16(2)21-18(27)25-12-7-19(8-13-25)14-23(3)10-6-11-24(19)4/h15-16H,5-14H2,1-4H3,(H,21,27)/t16-/m1/s1. The fourth-order valence-electron chi connectivity index (χ4n) is 4.54. The lowest BCUT2D eigenvalue weighted by Gasteiger charge is -2.47. The van der Waals surface area contributed by atoms with Gasteiger partial charge in [0.25, 0.3) is 0 Å². The molecule has 3 heterocycles. The molecule has 1 N–H and O–H groups in total. The van der Waals surface area contributed by atoms with Crippen molar-refractivity contribution in [3.8, 4) is 0 Å². The Hall–Kier alpha value is -1.67. The number of amides is 2. The van der Waals surface area contributed by atoms with Crippen LogP contribution in [-0.2, 0) is 6.54 Å². The fourth-order valence-corrected chi connectivity index (χ4v) is 4.54. The summed E-state index contributed by atoms with van der Waals surface area (Å²) in [5.41, 5.74) is 0.203. The molecule has 2 saturated heterocycles. The highest BCUT2D eigenvalue weighted by atomic mass is 16.2. The molecule has 1 atom stereocenters. The normalized spacial score (nSPS) is 22.6. The van der Waals surface area contributed by atoms with Crippen molar-refractivity contribution in [2.24, 2.45) is 0 Å². The molecule has 0 radical (unpaired) electrons. The van der Waals surface area contributed by atoms with Crippen LogP contribution in [0.4, 0.5) is 4.79 Å². The number of carbonyl (C=O) groups is 1. The van der Waals surface area contributed by atoms with Crippen molar-refractivity contribution in [2.45, 2.75) is 57.7 Å². The maximum atomic E-state index is 12.8. The van der Waals surface area contributed by atoms with Gasteiger partial charge in [0.05, 0.1) is 6.04 Å². The smallest absolute Gasteiger partial charge is 0.317 e. The molecule has 0 saturated carbocycles. The van der Waals surface area contributed by atoms with Crippen LogP contribution in [0.1, 0.15) is 51.4 Å². The molecule has 2 aliphatic heterocycles. The summed E-state index contributed by atoms with van der Waals surface area (Å²) in [7, 11) is 4.46. The lowest BCUT2D eigenvalue weighted by atomic mass is 9.85. The number of piperidine rings is 1. The molecule has 8 nitrogen and oxygen atoms in total. The van der Waals surface area contributed by atoms with E-state index in [0.717, 1.165) is 64.4 Å². The number of likely N-dealkylation sites (tertiary alicyclic amines) is 1. The molecule has 1 aromatic heterocycles. The van der Waals surface area contributed by atoms with Gasteiger partial charge >= 0.3 is 6.03 Å². The molecule has 1 aromatic rings. The molecule has 3 rings (SSSR count). The highest BCUT2D eigenvalue weighted by molar-refractivity contribution is 5.74. The SMILES string of the molecule is CCCn1cnnc1[C@@H](C)NC(=O)N1CCC2(CC1)CN(C)CCCN2C. The van der Waals surface area contributed by atoms with Crippen LogP contribution in [-0.4, -0.2) is 87.9 Å². The zero-order valence-corrected chi connectivity index (χ0v) is 17.3. The topological polar surface area (TPSA) is 69.5 Å². The number of hydrogen-bond acceptors (Lipinski definition) is 5. The molecule has 2 aliphatic rings. The molecule has 27 heavy (non-hydrogen) atoms. The number of nitrogens with zero attached hydrogens (tertiary/aromatic N) is 6. The maximum Gasteiger partial charge on any atom is 0.317 e. The fraction of sp³-hybridized carbons (Fsp3) is 0.842. The maximum absolute atomic E-state index is 12.8. The number of hydrogen-bond donors (Lipinski definition) is 1. The van der Waals surface area contributed by atoms with Gasteiger partial charge in [0.15, 0.2) is 5.82 Å². The van der Waals surface area contributed by atoms with E-state index in [1.54, 1.807) is 6.33 Å². The van der Waals surface area contributed by atoms with Crippen molar-refractivity contribution >= 4 is 6.03 Å². The molecule has 0 aromatic carbocycles. The first-order valence-corrected chi connectivity index (χ1v) is 10.3. The van der Waals surface area contributed by atoms with Gasteiger partial charge < -0.3 is 19.7 Å². The van der Waals surface area contributed by atoms with Crippen LogP contribution >= 0.6 is 0 Å². The lowest BCUT2D eigenvalue weighted by molar-refractivity contribution is 0.0420. The van der Waals surface area contributed by atoms with Crippen molar-refractivity contribution in [1.29, 1.82) is 0 Å². The molecule has 0 aliphatic carbocycles. The second kappa shape index (κ2) is 8.56. The van der Waals surface area contributed by atoms with Gasteiger partial charge in [-0.15, -0.1) is 10.2 Å². The van der Waals surface area contributed by atoms with Gasteiger partial charge in [0, 0.05) is 31.7 Å². The van der Waals surface area contributed by atoms with Crippen LogP contribution in [0.2, 0.25) is 0 Å². The predicted molar refractivity (Wildman–Crippen MR) is 106 cm³/mol. The van der Waals surface area contributed by atoms with E-state index in [1.165, 1.54) is 6.42 Å². The van der Waals surface area contributed by atoms with E-state index in [2.05, 4.69) is 46.3 Å². The zero-order chi connectivity index (χ0) is 19.4. The van der Waals surface area contributed by atoms with Crippen molar-refractivity contribution in [3.63, 3.8) is 0 Å². The zero-order valence-electron chi connectivity index (χ0n) is 17.3. The van der Waals surface area contributed by atoms with Crippen molar-refractivity contribution in [3.05, 3.63) is 12.2 Å². The Morgan fingerprint density at radius 2 is 2.00 bits per heavy atom. The molecule has 1 spiro atoms. The van der Waals surface area contributed by atoms with Crippen molar-refractivity contribution < 1.29 is 4.79 Å². The first-order valence-electron chi connectivity index (χ1n) is 10.3. The Balaban J connectivity index is 1.57. The van der Waals surface area contributed by atoms with Crippen LogP contribution in [0.3, 0.4) is 0 Å². The largest absolute Gasteiger partial charge is 0.328 e. The predicted octanol–water partition coefficient (Wildman–Crippen LogP) is 1.56. The van der Waals surface area contributed by atoms with E-state index in [9.17, 15) is 4.79 Å². The van der Waals surface area contributed by atoms with Gasteiger partial charge in [-0.25, -0.2) is 4.79 Å². The number of carbonyl (C=O) groups excluding carboxylic acids is 1. The summed E-state index contributed by atoms with van der Waals surface area (Å²) in [5.74, 6) is 0.823. The minimum Gasteiger partial charge on any atom is -0.328 e. The summed E-state index contributed by atoms with van der Waals surface area (Å²) in [6.45, 7) is 9.97. The van der Waals surface area contributed by atoms with Gasteiger partial charge in [-0.3, -0.25) is 4.90 Å². The summed E-state index contributed by atoms with van der Waals surface area (Å²) in [6, 6.07) is -0.137. The molecule has 152 valence electrons. The summed E-state index contributed by atoms with van der Waals surface area (Å²) < 4.78 is 2.02. The first-order chi connectivity index (χ1) is 12.9. The van der Waals surface area contributed by atoms with Gasteiger partial charge in [-0.05, 0) is 59.8 Å². The summed E-state index contributed by atoms with van der Waals surface area (Å²) >= 11 is 0. The minimum absolute atomic E-state index is 0.00743. The van der Waals surface area contributed by atoms with Crippen LogP contribution < -0.4 is 5.32 Å². The molecule has 8 heteroatoms.